The van der Waals surface area contributed by atoms with Crippen molar-refractivity contribution in [3.8, 4) is 23.2 Å². The number of pyridine rings is 1. The summed E-state index contributed by atoms with van der Waals surface area (Å²) in [5, 5.41) is 9.51. The molecule has 4 aromatic heterocycles. The van der Waals surface area contributed by atoms with Gasteiger partial charge in [0.15, 0.2) is 11.5 Å². The third-order valence-electron chi connectivity index (χ3n) is 6.73. The molecule has 186 valence electrons. The van der Waals surface area contributed by atoms with Crippen LogP contribution >= 0.6 is 0 Å². The minimum Gasteiger partial charge on any atom is -0.485 e. The number of hydrogen-bond acceptors (Lipinski definition) is 7. The normalized spacial score (nSPS) is 14.1. The third-order valence-corrected chi connectivity index (χ3v) is 6.73. The van der Waals surface area contributed by atoms with Gasteiger partial charge in [-0.25, -0.2) is 19.2 Å². The lowest BCUT2D eigenvalue weighted by Crippen LogP contribution is -2.16. The van der Waals surface area contributed by atoms with Gasteiger partial charge in [-0.15, -0.1) is 5.10 Å². The lowest BCUT2D eigenvalue weighted by Gasteiger charge is -2.26. The van der Waals surface area contributed by atoms with Crippen molar-refractivity contribution in [3.05, 3.63) is 119 Å². The summed E-state index contributed by atoms with van der Waals surface area (Å²) in [6.45, 7) is 4.24. The van der Waals surface area contributed by atoms with Crippen LogP contribution in [0.5, 0.6) is 17.5 Å². The molecule has 0 amide bonds. The van der Waals surface area contributed by atoms with E-state index < -0.39 is 0 Å². The second kappa shape index (κ2) is 8.81. The van der Waals surface area contributed by atoms with Crippen LogP contribution in [0, 0.1) is 13.8 Å². The number of benzene rings is 2. The molecule has 0 bridgehead atoms. The van der Waals surface area contributed by atoms with Crippen LogP contribution in [0.4, 0.5) is 0 Å². The molecule has 1 aliphatic rings. The molecule has 2 aromatic carbocycles. The second-order valence-electron chi connectivity index (χ2n) is 9.19. The number of para-hydroxylation sites is 2. The van der Waals surface area contributed by atoms with E-state index in [0.29, 0.717) is 23.2 Å². The van der Waals surface area contributed by atoms with Gasteiger partial charge < -0.3 is 9.47 Å². The molecule has 9 heteroatoms. The molecule has 0 fully saturated rings. The summed E-state index contributed by atoms with van der Waals surface area (Å²) in [6.07, 6.45) is 5.26. The highest BCUT2D eigenvalue weighted by Crippen LogP contribution is 2.49. The van der Waals surface area contributed by atoms with E-state index in [9.17, 15) is 0 Å². The summed E-state index contributed by atoms with van der Waals surface area (Å²) < 4.78 is 16.0. The van der Waals surface area contributed by atoms with E-state index in [1.54, 1.807) is 17.0 Å². The topological polar surface area (TPSA) is 92.3 Å². The molecule has 7 rings (SSSR count). The molecule has 1 aliphatic heterocycles. The largest absolute Gasteiger partial charge is 0.485 e. The first-order valence-corrected chi connectivity index (χ1v) is 12.3. The van der Waals surface area contributed by atoms with Crippen LogP contribution in [-0.4, -0.2) is 34.3 Å². The molecule has 0 spiro atoms. The van der Waals surface area contributed by atoms with Crippen LogP contribution in [0.1, 0.15) is 39.7 Å². The summed E-state index contributed by atoms with van der Waals surface area (Å²) in [5.41, 5.74) is 6.23. The average molecular weight is 502 g/mol. The van der Waals surface area contributed by atoms with Crippen LogP contribution in [0.3, 0.4) is 0 Å². The molecule has 0 unspecified atom stereocenters. The zero-order valence-electron chi connectivity index (χ0n) is 20.8. The Kier molecular flexibility index (Phi) is 5.14. The molecule has 0 aliphatic carbocycles. The highest BCUT2D eigenvalue weighted by molar-refractivity contribution is 5.66. The van der Waals surface area contributed by atoms with Gasteiger partial charge in [0, 0.05) is 12.4 Å². The van der Waals surface area contributed by atoms with Crippen molar-refractivity contribution in [2.45, 2.75) is 26.4 Å². The van der Waals surface area contributed by atoms with E-state index in [0.717, 1.165) is 39.4 Å². The summed E-state index contributed by atoms with van der Waals surface area (Å²) >= 11 is 0. The van der Waals surface area contributed by atoms with Crippen LogP contribution in [0.2, 0.25) is 0 Å². The number of fused-ring (bicyclic) bond motifs is 4. The molecule has 0 N–H and O–H groups in total. The van der Waals surface area contributed by atoms with Crippen molar-refractivity contribution in [2.75, 3.05) is 0 Å². The summed E-state index contributed by atoms with van der Waals surface area (Å²) in [5.74, 6) is 2.21. The molecule has 0 saturated heterocycles. The Hall–Kier alpha value is -5.05. The SMILES string of the molecule is Cc1ccccc1OCc1nc2c3c(ncn2n1)Oc1c(c(C)nn1-c1ccccc1)[C@@H]3c1cccnc1. The molecular weight excluding hydrogens is 478 g/mol. The van der Waals surface area contributed by atoms with Gasteiger partial charge >= 0.3 is 0 Å². The van der Waals surface area contributed by atoms with Gasteiger partial charge in [0.1, 0.15) is 18.7 Å². The smallest absolute Gasteiger partial charge is 0.230 e. The number of aryl methyl sites for hydroxylation is 2. The minimum atomic E-state index is -0.245. The standard InChI is InChI=1S/C29H23N7O2/c1-18-9-6-7-13-22(18)37-16-23-32-27-26-25(20-10-8-14-30-15-20)24-19(2)33-36(21-11-4-3-5-12-21)29(24)38-28(26)31-17-35(27)34-23/h3-15,17,25H,16H2,1-2H3/t25-/m0/s1. The first kappa shape index (κ1) is 22.2. The maximum absolute atomic E-state index is 6.45. The molecule has 0 saturated carbocycles. The summed E-state index contributed by atoms with van der Waals surface area (Å²) in [6, 6.07) is 21.8. The quantitative estimate of drug-likeness (QED) is 0.321. The van der Waals surface area contributed by atoms with Crippen molar-refractivity contribution >= 4 is 5.65 Å². The van der Waals surface area contributed by atoms with Gasteiger partial charge in [-0.05, 0) is 49.2 Å². The van der Waals surface area contributed by atoms with Gasteiger partial charge in [0.25, 0.3) is 0 Å². The number of hydrogen-bond donors (Lipinski definition) is 0. The molecule has 5 heterocycles. The fraction of sp³-hybridized carbons (Fsp3) is 0.138. The first-order chi connectivity index (χ1) is 18.7. The average Bonchev–Trinajstić information content (AvgIpc) is 3.53. The second-order valence-corrected chi connectivity index (χ2v) is 9.19. The lowest BCUT2D eigenvalue weighted by atomic mass is 9.85. The minimum absolute atomic E-state index is 0.232. The van der Waals surface area contributed by atoms with Crippen LogP contribution in [0.15, 0.2) is 85.5 Å². The van der Waals surface area contributed by atoms with Crippen molar-refractivity contribution in [3.63, 3.8) is 0 Å². The Balaban J connectivity index is 1.37. The van der Waals surface area contributed by atoms with Gasteiger partial charge in [-0.2, -0.15) is 5.10 Å². The maximum Gasteiger partial charge on any atom is 0.230 e. The zero-order chi connectivity index (χ0) is 25.6. The van der Waals surface area contributed by atoms with E-state index in [4.69, 9.17) is 19.6 Å². The van der Waals surface area contributed by atoms with Gasteiger partial charge in [0.05, 0.1) is 28.4 Å². The van der Waals surface area contributed by atoms with E-state index in [1.807, 2.05) is 85.4 Å². The monoisotopic (exact) mass is 501 g/mol. The van der Waals surface area contributed by atoms with E-state index >= 15 is 0 Å². The highest BCUT2D eigenvalue weighted by Gasteiger charge is 2.38. The van der Waals surface area contributed by atoms with Gasteiger partial charge in [-0.1, -0.05) is 42.5 Å². The molecule has 6 aromatic rings. The lowest BCUT2D eigenvalue weighted by molar-refractivity contribution is 0.294. The molecule has 0 radical (unpaired) electrons. The molecule has 1 atom stereocenters. The fourth-order valence-electron chi connectivity index (χ4n) is 4.97. The van der Waals surface area contributed by atoms with E-state index in [1.165, 1.54) is 0 Å². The molecule has 9 nitrogen and oxygen atoms in total. The Morgan fingerprint density at radius 1 is 0.921 bits per heavy atom. The Bertz CT molecular complexity index is 1780. The van der Waals surface area contributed by atoms with Crippen molar-refractivity contribution < 1.29 is 9.47 Å². The number of ether oxygens (including phenoxy) is 2. The van der Waals surface area contributed by atoms with Crippen molar-refractivity contribution in [2.24, 2.45) is 0 Å². The van der Waals surface area contributed by atoms with Crippen LogP contribution < -0.4 is 9.47 Å². The third kappa shape index (κ3) is 3.59. The van der Waals surface area contributed by atoms with Gasteiger partial charge in [-0.3, -0.25) is 4.98 Å². The zero-order valence-corrected chi connectivity index (χ0v) is 20.8. The summed E-state index contributed by atoms with van der Waals surface area (Å²) in [4.78, 5) is 13.9. The number of rotatable bonds is 5. The fourth-order valence-corrected chi connectivity index (χ4v) is 4.97. The maximum atomic E-state index is 6.45. The van der Waals surface area contributed by atoms with E-state index in [-0.39, 0.29) is 12.5 Å². The first-order valence-electron chi connectivity index (χ1n) is 12.3. The Morgan fingerprint density at radius 3 is 2.58 bits per heavy atom. The molecular formula is C29H23N7O2. The predicted molar refractivity (Wildman–Crippen MR) is 140 cm³/mol. The van der Waals surface area contributed by atoms with E-state index in [2.05, 4.69) is 21.1 Å². The predicted octanol–water partition coefficient (Wildman–Crippen LogP) is 5.19. The Morgan fingerprint density at radius 2 is 1.76 bits per heavy atom. The number of nitrogens with zero attached hydrogens (tertiary/aromatic N) is 7. The Labute approximate surface area is 218 Å². The van der Waals surface area contributed by atoms with Crippen LogP contribution in [0.25, 0.3) is 11.3 Å². The van der Waals surface area contributed by atoms with Crippen molar-refractivity contribution in [1.29, 1.82) is 0 Å². The number of aromatic nitrogens is 7. The summed E-state index contributed by atoms with van der Waals surface area (Å²) in [7, 11) is 0. The van der Waals surface area contributed by atoms with Crippen LogP contribution in [-0.2, 0) is 6.61 Å². The van der Waals surface area contributed by atoms with Crippen molar-refractivity contribution in [1.82, 2.24) is 34.3 Å². The van der Waals surface area contributed by atoms with Gasteiger partial charge in [0.2, 0.25) is 11.8 Å². The highest BCUT2D eigenvalue weighted by atomic mass is 16.5. The molecule has 38 heavy (non-hydrogen) atoms.